The van der Waals surface area contributed by atoms with Crippen LogP contribution in [-0.4, -0.2) is 42.6 Å². The first kappa shape index (κ1) is 28.6. The summed E-state index contributed by atoms with van der Waals surface area (Å²) >= 11 is 0. The van der Waals surface area contributed by atoms with E-state index in [1.165, 1.54) is 0 Å². The number of nitrogens with one attached hydrogen (secondary N) is 2. The highest BCUT2D eigenvalue weighted by Gasteiger charge is 2.26. The van der Waals surface area contributed by atoms with Gasteiger partial charge in [-0.2, -0.15) is 0 Å². The molecule has 0 saturated carbocycles. The summed E-state index contributed by atoms with van der Waals surface area (Å²) in [6, 6.07) is 8.60. The number of rotatable bonds is 10. The second kappa shape index (κ2) is 12.9. The van der Waals surface area contributed by atoms with Crippen LogP contribution in [0.15, 0.2) is 42.5 Å². The third-order valence-electron chi connectivity index (χ3n) is 4.69. The molecule has 36 heavy (non-hydrogen) atoms. The molecule has 0 bridgehead atoms. The number of hydrogen-bond acceptors (Lipinski definition) is 5. The maximum absolute atomic E-state index is 14.4. The summed E-state index contributed by atoms with van der Waals surface area (Å²) in [6.45, 7) is 4.36. The van der Waals surface area contributed by atoms with Crippen molar-refractivity contribution in [3.63, 3.8) is 0 Å². The van der Waals surface area contributed by atoms with Gasteiger partial charge in [-0.25, -0.2) is 27.2 Å². The van der Waals surface area contributed by atoms with E-state index < -0.39 is 59.7 Å². The quantitative estimate of drug-likeness (QED) is 0.361. The van der Waals surface area contributed by atoms with E-state index >= 15 is 0 Å². The number of halogens is 4. The monoisotopic (exact) mass is 512 g/mol. The van der Waals surface area contributed by atoms with Crippen LogP contribution >= 0.6 is 0 Å². The fourth-order valence-electron chi connectivity index (χ4n) is 3.05. The smallest absolute Gasteiger partial charge is 0.408 e. The minimum atomic E-state index is -2.91. The minimum absolute atomic E-state index is 0.131. The van der Waals surface area contributed by atoms with E-state index in [1.54, 1.807) is 51.1 Å². The van der Waals surface area contributed by atoms with Crippen LogP contribution in [0.2, 0.25) is 0 Å². The maximum Gasteiger partial charge on any atom is 0.408 e. The van der Waals surface area contributed by atoms with E-state index in [2.05, 4.69) is 10.6 Å². The van der Waals surface area contributed by atoms with Crippen molar-refractivity contribution in [3.8, 4) is 0 Å². The maximum atomic E-state index is 14.4. The Bertz CT molecular complexity index is 1040. The molecule has 0 aliphatic rings. The lowest BCUT2D eigenvalue weighted by Gasteiger charge is -2.20. The summed E-state index contributed by atoms with van der Waals surface area (Å²) in [4.78, 5) is 36.4. The van der Waals surface area contributed by atoms with Gasteiger partial charge in [0, 0.05) is 18.5 Å². The van der Waals surface area contributed by atoms with Crippen LogP contribution in [0.5, 0.6) is 0 Å². The summed E-state index contributed by atoms with van der Waals surface area (Å²) in [7, 11) is 0. The van der Waals surface area contributed by atoms with Gasteiger partial charge in [0.1, 0.15) is 29.9 Å². The molecular formula is C25H28F4N2O5. The van der Waals surface area contributed by atoms with Gasteiger partial charge in [0.25, 0.3) is 0 Å². The molecule has 2 aromatic carbocycles. The van der Waals surface area contributed by atoms with Crippen molar-refractivity contribution >= 4 is 18.0 Å². The van der Waals surface area contributed by atoms with E-state index in [-0.39, 0.29) is 25.1 Å². The van der Waals surface area contributed by atoms with Crippen molar-refractivity contribution in [2.45, 2.75) is 58.3 Å². The Morgan fingerprint density at radius 3 is 2.17 bits per heavy atom. The van der Waals surface area contributed by atoms with Crippen molar-refractivity contribution in [1.82, 2.24) is 10.6 Å². The van der Waals surface area contributed by atoms with Gasteiger partial charge in [0.15, 0.2) is 0 Å². The fraction of sp³-hybridized carbons (Fsp3) is 0.400. The molecule has 196 valence electrons. The number of esters is 1. The summed E-state index contributed by atoms with van der Waals surface area (Å²) < 4.78 is 64.7. The number of amides is 2. The lowest BCUT2D eigenvalue weighted by atomic mass is 10.1. The molecule has 2 amide bonds. The molecule has 0 aliphatic heterocycles. The van der Waals surface area contributed by atoms with Crippen LogP contribution in [-0.2, 0) is 27.3 Å². The Labute approximate surface area is 206 Å². The lowest BCUT2D eigenvalue weighted by Crippen LogP contribution is -2.48. The zero-order valence-electron chi connectivity index (χ0n) is 20.1. The van der Waals surface area contributed by atoms with Gasteiger partial charge >= 0.3 is 12.1 Å². The van der Waals surface area contributed by atoms with Gasteiger partial charge in [-0.15, -0.1) is 0 Å². The molecule has 0 fully saturated rings. The van der Waals surface area contributed by atoms with Crippen molar-refractivity contribution < 1.29 is 41.4 Å². The molecule has 2 N–H and O–H groups in total. The van der Waals surface area contributed by atoms with Gasteiger partial charge < -0.3 is 20.1 Å². The van der Waals surface area contributed by atoms with E-state index in [1.807, 2.05) is 0 Å². The Balaban J connectivity index is 1.94. The molecule has 0 radical (unpaired) electrons. The van der Waals surface area contributed by atoms with E-state index in [0.717, 1.165) is 12.1 Å². The molecule has 11 heteroatoms. The number of hydrogen-bond donors (Lipinski definition) is 2. The minimum Gasteiger partial charge on any atom is -0.456 e. The summed E-state index contributed by atoms with van der Waals surface area (Å²) in [5, 5.41) is 4.35. The number of alkyl halides is 2. The molecule has 0 aromatic heterocycles. The summed E-state index contributed by atoms with van der Waals surface area (Å²) in [5.74, 6) is -3.94. The second-order valence-corrected chi connectivity index (χ2v) is 8.85. The number of benzene rings is 2. The van der Waals surface area contributed by atoms with Crippen molar-refractivity contribution in [1.29, 1.82) is 0 Å². The Morgan fingerprint density at radius 2 is 1.61 bits per heavy atom. The summed E-state index contributed by atoms with van der Waals surface area (Å²) in [6.07, 6.45) is -5.31. The van der Waals surface area contributed by atoms with Crippen molar-refractivity contribution in [3.05, 3.63) is 70.8 Å². The first-order valence-electron chi connectivity index (χ1n) is 11.1. The van der Waals surface area contributed by atoms with Crippen LogP contribution in [0.1, 0.15) is 48.7 Å². The van der Waals surface area contributed by atoms with Crippen LogP contribution in [0.25, 0.3) is 0 Å². The van der Waals surface area contributed by atoms with Crippen LogP contribution in [0.3, 0.4) is 0 Å². The zero-order valence-corrected chi connectivity index (χ0v) is 20.1. The molecule has 7 nitrogen and oxygen atoms in total. The average molecular weight is 513 g/mol. The zero-order chi connectivity index (χ0) is 26.9. The van der Waals surface area contributed by atoms with Gasteiger partial charge in [0.2, 0.25) is 12.3 Å². The largest absolute Gasteiger partial charge is 0.456 e. The van der Waals surface area contributed by atoms with Crippen molar-refractivity contribution in [2.24, 2.45) is 0 Å². The molecule has 1 atom stereocenters. The highest BCUT2D eigenvalue weighted by molar-refractivity contribution is 5.89. The normalized spacial score (nSPS) is 12.1. The third-order valence-corrected chi connectivity index (χ3v) is 4.69. The average Bonchev–Trinajstić information content (AvgIpc) is 2.78. The predicted molar refractivity (Wildman–Crippen MR) is 122 cm³/mol. The Kier molecular flexibility index (Phi) is 10.2. The molecular weight excluding hydrogens is 484 g/mol. The summed E-state index contributed by atoms with van der Waals surface area (Å²) in [5.41, 5.74) is -0.931. The van der Waals surface area contributed by atoms with Gasteiger partial charge in [0.05, 0.1) is 5.56 Å². The van der Waals surface area contributed by atoms with Crippen LogP contribution in [0, 0.1) is 11.6 Å². The molecule has 0 heterocycles. The Hall–Kier alpha value is -3.63. The molecule has 0 unspecified atom stereocenters. The number of alkyl carbamates (subject to hydrolysis) is 1. The topological polar surface area (TPSA) is 93.7 Å². The number of carbonyl (C=O) groups is 3. The first-order chi connectivity index (χ1) is 16.9. The molecule has 0 saturated heterocycles. The lowest BCUT2D eigenvalue weighted by molar-refractivity contribution is -0.124. The highest BCUT2D eigenvalue weighted by atomic mass is 19.3. The van der Waals surface area contributed by atoms with Gasteiger partial charge in [-0.3, -0.25) is 4.79 Å². The number of ether oxygens (including phenoxy) is 2. The predicted octanol–water partition coefficient (Wildman–Crippen LogP) is 4.53. The Morgan fingerprint density at radius 1 is 1.00 bits per heavy atom. The van der Waals surface area contributed by atoms with Crippen LogP contribution in [0.4, 0.5) is 22.4 Å². The molecule has 2 aromatic rings. The van der Waals surface area contributed by atoms with Crippen molar-refractivity contribution in [2.75, 3.05) is 6.54 Å². The molecule has 2 rings (SSSR count). The molecule has 0 spiro atoms. The third kappa shape index (κ3) is 9.55. The SMILES string of the molecule is CC(C)(C)OC(=O)c1cc(F)c(CCNC(=O)[C@H](CC(F)F)NC(=O)OCc2ccccc2)c(F)c1. The standard InChI is InChI=1S/C25H28F4N2O5/c1-25(2,3)36-23(33)16-11-18(26)17(19(27)12-16)9-10-30-22(32)20(13-21(28)29)31-24(34)35-14-15-7-5-4-6-8-15/h4-8,11-12,20-21H,9-10,13-14H2,1-3H3,(H,30,32)(H,31,34)/t20-/m0/s1. The molecule has 0 aliphatic carbocycles. The fourth-order valence-corrected chi connectivity index (χ4v) is 3.05. The second-order valence-electron chi connectivity index (χ2n) is 8.85. The van der Waals surface area contributed by atoms with E-state index in [9.17, 15) is 31.9 Å². The first-order valence-corrected chi connectivity index (χ1v) is 11.1. The number of carbonyl (C=O) groups excluding carboxylic acids is 3. The van der Waals surface area contributed by atoms with E-state index in [0.29, 0.717) is 5.56 Å². The van der Waals surface area contributed by atoms with Gasteiger partial charge in [-0.05, 0) is 44.9 Å². The van der Waals surface area contributed by atoms with Gasteiger partial charge in [-0.1, -0.05) is 30.3 Å². The van der Waals surface area contributed by atoms with Crippen LogP contribution < -0.4 is 10.6 Å². The highest BCUT2D eigenvalue weighted by Crippen LogP contribution is 2.19. The van der Waals surface area contributed by atoms with E-state index in [4.69, 9.17) is 9.47 Å².